The molecule has 0 radical (unpaired) electrons. The fourth-order valence-electron chi connectivity index (χ4n) is 1.24. The van der Waals surface area contributed by atoms with Crippen molar-refractivity contribution in [2.24, 2.45) is 0 Å². The van der Waals surface area contributed by atoms with Crippen LogP contribution in [0.15, 0.2) is 24.3 Å². The third-order valence-corrected chi connectivity index (χ3v) is 2.14. The number of rotatable bonds is 3. The van der Waals surface area contributed by atoms with Gasteiger partial charge in [-0.05, 0) is 25.0 Å². The molecule has 0 aliphatic rings. The SMILES string of the molecule is C#CC(C)OC(=O)Cc1ccccc1C. The van der Waals surface area contributed by atoms with Crippen molar-refractivity contribution in [2.75, 3.05) is 0 Å². The molecule has 1 rings (SSSR count). The average Bonchev–Trinajstić information content (AvgIpc) is 2.21. The van der Waals surface area contributed by atoms with E-state index in [4.69, 9.17) is 11.2 Å². The molecule has 2 heteroatoms. The number of terminal acetylenes is 1. The topological polar surface area (TPSA) is 26.3 Å². The Balaban J connectivity index is 2.60. The Morgan fingerprint density at radius 3 is 2.80 bits per heavy atom. The molecule has 1 aromatic carbocycles. The number of esters is 1. The number of hydrogen-bond acceptors (Lipinski definition) is 2. The van der Waals surface area contributed by atoms with E-state index in [0.29, 0.717) is 0 Å². The summed E-state index contributed by atoms with van der Waals surface area (Å²) in [6, 6.07) is 7.72. The van der Waals surface area contributed by atoms with Crippen LogP contribution in [-0.2, 0) is 16.0 Å². The van der Waals surface area contributed by atoms with Crippen LogP contribution in [0.4, 0.5) is 0 Å². The molecule has 0 heterocycles. The van der Waals surface area contributed by atoms with Crippen LogP contribution in [0.25, 0.3) is 0 Å². The van der Waals surface area contributed by atoms with Gasteiger partial charge in [-0.3, -0.25) is 4.79 Å². The van der Waals surface area contributed by atoms with Crippen LogP contribution >= 0.6 is 0 Å². The van der Waals surface area contributed by atoms with Crippen LogP contribution in [0.1, 0.15) is 18.1 Å². The molecular formula is C13H14O2. The molecule has 78 valence electrons. The first-order valence-electron chi connectivity index (χ1n) is 4.83. The van der Waals surface area contributed by atoms with E-state index in [2.05, 4.69) is 5.92 Å². The molecule has 1 unspecified atom stereocenters. The smallest absolute Gasteiger partial charge is 0.311 e. The molecule has 1 atom stereocenters. The summed E-state index contributed by atoms with van der Waals surface area (Å²) in [6.45, 7) is 3.64. The molecule has 0 saturated carbocycles. The third kappa shape index (κ3) is 3.47. The summed E-state index contributed by atoms with van der Waals surface area (Å²) in [5.74, 6) is 2.07. The highest BCUT2D eigenvalue weighted by Gasteiger charge is 2.09. The van der Waals surface area contributed by atoms with E-state index in [0.717, 1.165) is 11.1 Å². The van der Waals surface area contributed by atoms with E-state index in [1.807, 2.05) is 31.2 Å². The standard InChI is InChI=1S/C13H14O2/c1-4-11(3)15-13(14)9-12-8-6-5-7-10(12)2/h1,5-8,11H,9H2,2-3H3. The van der Waals surface area contributed by atoms with Gasteiger partial charge in [0, 0.05) is 0 Å². The van der Waals surface area contributed by atoms with Gasteiger partial charge in [0.1, 0.15) is 0 Å². The summed E-state index contributed by atoms with van der Waals surface area (Å²) < 4.78 is 4.98. The highest BCUT2D eigenvalue weighted by molar-refractivity contribution is 5.73. The van der Waals surface area contributed by atoms with Crippen LogP contribution in [-0.4, -0.2) is 12.1 Å². The molecule has 0 N–H and O–H groups in total. The molecule has 0 saturated heterocycles. The molecule has 0 bridgehead atoms. The number of benzene rings is 1. The summed E-state index contributed by atoms with van der Waals surface area (Å²) in [6.07, 6.45) is 4.94. The minimum atomic E-state index is -0.457. The lowest BCUT2D eigenvalue weighted by Gasteiger charge is -2.08. The van der Waals surface area contributed by atoms with E-state index in [-0.39, 0.29) is 12.4 Å². The Morgan fingerprint density at radius 2 is 2.20 bits per heavy atom. The van der Waals surface area contributed by atoms with E-state index < -0.39 is 6.10 Å². The van der Waals surface area contributed by atoms with Gasteiger partial charge in [0.15, 0.2) is 6.10 Å². The zero-order valence-corrected chi connectivity index (χ0v) is 8.99. The predicted octanol–water partition coefficient (Wildman–Crippen LogP) is 2.10. The van der Waals surface area contributed by atoms with E-state index in [1.54, 1.807) is 6.92 Å². The summed E-state index contributed by atoms with van der Waals surface area (Å²) in [7, 11) is 0. The van der Waals surface area contributed by atoms with Crippen molar-refractivity contribution in [1.82, 2.24) is 0 Å². The number of hydrogen-bond donors (Lipinski definition) is 0. The molecular weight excluding hydrogens is 188 g/mol. The Morgan fingerprint density at radius 1 is 1.53 bits per heavy atom. The summed E-state index contributed by atoms with van der Waals surface area (Å²) in [4.78, 5) is 11.4. The first kappa shape index (κ1) is 11.3. The number of carbonyl (C=O) groups excluding carboxylic acids is 1. The van der Waals surface area contributed by atoms with Crippen molar-refractivity contribution in [2.45, 2.75) is 26.4 Å². The van der Waals surface area contributed by atoms with Gasteiger partial charge in [-0.2, -0.15) is 0 Å². The van der Waals surface area contributed by atoms with Crippen LogP contribution < -0.4 is 0 Å². The quantitative estimate of drug-likeness (QED) is 0.554. The summed E-state index contributed by atoms with van der Waals surface area (Å²) in [5.41, 5.74) is 2.06. The second kappa shape index (κ2) is 5.21. The highest BCUT2D eigenvalue weighted by Crippen LogP contribution is 2.08. The fraction of sp³-hybridized carbons (Fsp3) is 0.308. The van der Waals surface area contributed by atoms with Crippen LogP contribution in [0.5, 0.6) is 0 Å². The van der Waals surface area contributed by atoms with Gasteiger partial charge < -0.3 is 4.74 Å². The first-order chi connectivity index (χ1) is 7.13. The van der Waals surface area contributed by atoms with Crippen LogP contribution in [0.3, 0.4) is 0 Å². The minimum absolute atomic E-state index is 0.276. The zero-order valence-electron chi connectivity index (χ0n) is 8.99. The number of ether oxygens (including phenoxy) is 1. The molecule has 0 aliphatic heterocycles. The van der Waals surface area contributed by atoms with E-state index in [1.165, 1.54) is 0 Å². The molecule has 0 spiro atoms. The van der Waals surface area contributed by atoms with E-state index in [9.17, 15) is 4.79 Å². The maximum Gasteiger partial charge on any atom is 0.311 e. The second-order valence-corrected chi connectivity index (χ2v) is 3.40. The van der Waals surface area contributed by atoms with Gasteiger partial charge >= 0.3 is 5.97 Å². The highest BCUT2D eigenvalue weighted by atomic mass is 16.5. The van der Waals surface area contributed by atoms with Gasteiger partial charge in [0.2, 0.25) is 0 Å². The Hall–Kier alpha value is -1.75. The summed E-state index contributed by atoms with van der Waals surface area (Å²) >= 11 is 0. The maximum absolute atomic E-state index is 11.4. The van der Waals surface area contributed by atoms with E-state index >= 15 is 0 Å². The number of carbonyl (C=O) groups is 1. The van der Waals surface area contributed by atoms with Crippen molar-refractivity contribution in [3.63, 3.8) is 0 Å². The van der Waals surface area contributed by atoms with Crippen LogP contribution in [0, 0.1) is 19.3 Å². The molecule has 0 aromatic heterocycles. The predicted molar refractivity (Wildman–Crippen MR) is 59.3 cm³/mol. The maximum atomic E-state index is 11.4. The first-order valence-corrected chi connectivity index (χ1v) is 4.83. The third-order valence-electron chi connectivity index (χ3n) is 2.14. The Bertz CT molecular complexity index is 388. The molecule has 2 nitrogen and oxygen atoms in total. The molecule has 1 aromatic rings. The zero-order chi connectivity index (χ0) is 11.3. The van der Waals surface area contributed by atoms with Crippen molar-refractivity contribution in [3.8, 4) is 12.3 Å². The Labute approximate surface area is 90.3 Å². The minimum Gasteiger partial charge on any atom is -0.449 e. The number of aryl methyl sites for hydroxylation is 1. The second-order valence-electron chi connectivity index (χ2n) is 3.40. The summed E-state index contributed by atoms with van der Waals surface area (Å²) in [5, 5.41) is 0. The van der Waals surface area contributed by atoms with Crippen LogP contribution in [0.2, 0.25) is 0 Å². The molecule has 15 heavy (non-hydrogen) atoms. The van der Waals surface area contributed by atoms with Crippen molar-refractivity contribution in [1.29, 1.82) is 0 Å². The molecule has 0 aliphatic carbocycles. The lowest BCUT2D eigenvalue weighted by atomic mass is 10.1. The molecule has 0 fully saturated rings. The monoisotopic (exact) mass is 202 g/mol. The normalized spacial score (nSPS) is 11.5. The lowest BCUT2D eigenvalue weighted by molar-refractivity contribution is -0.144. The van der Waals surface area contributed by atoms with Crippen molar-refractivity contribution in [3.05, 3.63) is 35.4 Å². The van der Waals surface area contributed by atoms with Crippen molar-refractivity contribution >= 4 is 5.97 Å². The largest absolute Gasteiger partial charge is 0.449 e. The Kier molecular flexibility index (Phi) is 3.93. The van der Waals surface area contributed by atoms with Gasteiger partial charge in [-0.25, -0.2) is 0 Å². The van der Waals surface area contributed by atoms with Gasteiger partial charge in [-0.15, -0.1) is 6.42 Å². The van der Waals surface area contributed by atoms with Crippen molar-refractivity contribution < 1.29 is 9.53 Å². The average molecular weight is 202 g/mol. The van der Waals surface area contributed by atoms with Gasteiger partial charge in [-0.1, -0.05) is 30.2 Å². The van der Waals surface area contributed by atoms with Gasteiger partial charge in [0.25, 0.3) is 0 Å². The lowest BCUT2D eigenvalue weighted by Crippen LogP contribution is -2.15. The van der Waals surface area contributed by atoms with Gasteiger partial charge in [0.05, 0.1) is 6.42 Å². The fourth-order valence-corrected chi connectivity index (χ4v) is 1.24. The molecule has 0 amide bonds.